The standard InChI is InChI=1S/C19H17N5/c1-13-12-24-17(11-22-13)18(15-5-7-21-8-6-15)19(23-24)16-4-2-3-14(9-16)10-20/h2-9,13,22H,11-12H2,1H3/t13-/m1/s1. The van der Waals surface area contributed by atoms with Crippen molar-refractivity contribution in [1.29, 1.82) is 5.26 Å². The molecule has 0 aliphatic carbocycles. The molecule has 0 unspecified atom stereocenters. The summed E-state index contributed by atoms with van der Waals surface area (Å²) in [5.41, 5.74) is 5.92. The normalized spacial score (nSPS) is 16.4. The molecule has 3 aromatic rings. The van der Waals surface area contributed by atoms with Crippen LogP contribution in [-0.4, -0.2) is 20.8 Å². The van der Waals surface area contributed by atoms with Gasteiger partial charge in [-0.3, -0.25) is 9.67 Å². The minimum Gasteiger partial charge on any atom is -0.307 e. The van der Waals surface area contributed by atoms with Crippen LogP contribution in [0.3, 0.4) is 0 Å². The maximum atomic E-state index is 9.20. The molecule has 0 fully saturated rings. The predicted octanol–water partition coefficient (Wildman–Crippen LogP) is 2.98. The van der Waals surface area contributed by atoms with E-state index in [9.17, 15) is 5.26 Å². The van der Waals surface area contributed by atoms with Crippen molar-refractivity contribution in [1.82, 2.24) is 20.1 Å². The molecule has 4 rings (SSSR count). The molecule has 1 atom stereocenters. The SMILES string of the molecule is C[C@@H]1Cn2nc(-c3cccc(C#N)c3)c(-c3ccncc3)c2CN1. The van der Waals surface area contributed by atoms with Crippen LogP contribution in [0.1, 0.15) is 18.2 Å². The van der Waals surface area contributed by atoms with E-state index in [0.717, 1.165) is 35.5 Å². The van der Waals surface area contributed by atoms with E-state index in [1.165, 1.54) is 5.69 Å². The molecule has 0 saturated carbocycles. The van der Waals surface area contributed by atoms with Crippen LogP contribution in [-0.2, 0) is 13.1 Å². The Balaban J connectivity index is 1.95. The summed E-state index contributed by atoms with van der Waals surface area (Å²) in [6.07, 6.45) is 3.60. The summed E-state index contributed by atoms with van der Waals surface area (Å²) in [5.74, 6) is 0. The maximum Gasteiger partial charge on any atom is 0.101 e. The molecule has 0 radical (unpaired) electrons. The smallest absolute Gasteiger partial charge is 0.101 e. The number of pyridine rings is 1. The van der Waals surface area contributed by atoms with Crippen LogP contribution >= 0.6 is 0 Å². The van der Waals surface area contributed by atoms with Crippen molar-refractivity contribution >= 4 is 0 Å². The summed E-state index contributed by atoms with van der Waals surface area (Å²) in [5, 5.41) is 17.6. The summed E-state index contributed by atoms with van der Waals surface area (Å²) >= 11 is 0. The molecule has 2 aromatic heterocycles. The Morgan fingerprint density at radius 1 is 1.21 bits per heavy atom. The average molecular weight is 315 g/mol. The summed E-state index contributed by atoms with van der Waals surface area (Å²) in [6.45, 7) is 3.78. The Hall–Kier alpha value is -2.97. The van der Waals surface area contributed by atoms with Gasteiger partial charge in [0.15, 0.2) is 0 Å². The molecule has 0 amide bonds. The molecule has 1 aliphatic rings. The van der Waals surface area contributed by atoms with Crippen LogP contribution < -0.4 is 5.32 Å². The van der Waals surface area contributed by atoms with Crippen LogP contribution in [0.25, 0.3) is 22.4 Å². The molecule has 5 heteroatoms. The van der Waals surface area contributed by atoms with Gasteiger partial charge in [-0.1, -0.05) is 12.1 Å². The van der Waals surface area contributed by atoms with Crippen LogP contribution in [0.15, 0.2) is 48.8 Å². The fourth-order valence-corrected chi connectivity index (χ4v) is 3.18. The summed E-state index contributed by atoms with van der Waals surface area (Å²) in [4.78, 5) is 4.12. The van der Waals surface area contributed by atoms with Gasteiger partial charge in [0.2, 0.25) is 0 Å². The lowest BCUT2D eigenvalue weighted by molar-refractivity contribution is 0.390. The van der Waals surface area contributed by atoms with Gasteiger partial charge in [0.25, 0.3) is 0 Å². The van der Waals surface area contributed by atoms with Crippen LogP contribution in [0, 0.1) is 11.3 Å². The van der Waals surface area contributed by atoms with Crippen LogP contribution in [0.5, 0.6) is 0 Å². The highest BCUT2D eigenvalue weighted by molar-refractivity contribution is 5.83. The van der Waals surface area contributed by atoms with Crippen LogP contribution in [0.4, 0.5) is 0 Å². The zero-order chi connectivity index (χ0) is 16.5. The molecule has 0 saturated heterocycles. The van der Waals surface area contributed by atoms with Crippen molar-refractivity contribution in [3.05, 3.63) is 60.0 Å². The van der Waals surface area contributed by atoms with E-state index in [4.69, 9.17) is 5.10 Å². The van der Waals surface area contributed by atoms with Crippen molar-refractivity contribution in [2.45, 2.75) is 26.1 Å². The molecule has 1 N–H and O–H groups in total. The molecule has 1 aliphatic heterocycles. The highest BCUT2D eigenvalue weighted by Crippen LogP contribution is 2.35. The Kier molecular flexibility index (Phi) is 3.60. The summed E-state index contributed by atoms with van der Waals surface area (Å²) < 4.78 is 2.09. The Morgan fingerprint density at radius 2 is 2.04 bits per heavy atom. The maximum absolute atomic E-state index is 9.20. The zero-order valence-electron chi connectivity index (χ0n) is 13.4. The number of rotatable bonds is 2. The van der Waals surface area contributed by atoms with E-state index in [1.807, 2.05) is 36.4 Å². The number of hydrogen-bond acceptors (Lipinski definition) is 4. The van der Waals surface area contributed by atoms with Crippen molar-refractivity contribution in [3.8, 4) is 28.5 Å². The largest absolute Gasteiger partial charge is 0.307 e. The third kappa shape index (κ3) is 2.47. The number of benzene rings is 1. The summed E-state index contributed by atoms with van der Waals surface area (Å²) in [6, 6.07) is 14.2. The fourth-order valence-electron chi connectivity index (χ4n) is 3.18. The van der Waals surface area contributed by atoms with E-state index in [1.54, 1.807) is 12.4 Å². The first kappa shape index (κ1) is 14.6. The fraction of sp³-hybridized carbons (Fsp3) is 0.211. The van der Waals surface area contributed by atoms with Gasteiger partial charge < -0.3 is 5.32 Å². The van der Waals surface area contributed by atoms with E-state index in [-0.39, 0.29) is 0 Å². The van der Waals surface area contributed by atoms with Gasteiger partial charge in [0.05, 0.1) is 23.9 Å². The molecule has 0 bridgehead atoms. The second kappa shape index (κ2) is 5.91. The number of aromatic nitrogens is 3. The van der Waals surface area contributed by atoms with E-state index >= 15 is 0 Å². The first-order valence-corrected chi connectivity index (χ1v) is 8.00. The summed E-state index contributed by atoms with van der Waals surface area (Å²) in [7, 11) is 0. The molecular formula is C19H17N5. The Morgan fingerprint density at radius 3 is 2.83 bits per heavy atom. The highest BCUT2D eigenvalue weighted by atomic mass is 15.3. The quantitative estimate of drug-likeness (QED) is 0.789. The zero-order valence-corrected chi connectivity index (χ0v) is 13.4. The lowest BCUT2D eigenvalue weighted by Gasteiger charge is -2.22. The van der Waals surface area contributed by atoms with Gasteiger partial charge in [-0.25, -0.2) is 0 Å². The van der Waals surface area contributed by atoms with Gasteiger partial charge in [-0.15, -0.1) is 0 Å². The number of hydrogen-bond donors (Lipinski definition) is 1. The van der Waals surface area contributed by atoms with Gasteiger partial charge in [0.1, 0.15) is 5.69 Å². The lowest BCUT2D eigenvalue weighted by Crippen LogP contribution is -2.36. The van der Waals surface area contributed by atoms with Gasteiger partial charge in [0, 0.05) is 36.1 Å². The first-order chi connectivity index (χ1) is 11.8. The molecule has 5 nitrogen and oxygen atoms in total. The predicted molar refractivity (Wildman–Crippen MR) is 91.9 cm³/mol. The molecule has 118 valence electrons. The third-order valence-corrected chi connectivity index (χ3v) is 4.36. The number of fused-ring (bicyclic) bond motifs is 1. The van der Waals surface area contributed by atoms with Crippen molar-refractivity contribution < 1.29 is 0 Å². The van der Waals surface area contributed by atoms with Crippen molar-refractivity contribution in [2.24, 2.45) is 0 Å². The van der Waals surface area contributed by atoms with E-state index in [2.05, 4.69) is 28.0 Å². The van der Waals surface area contributed by atoms with Crippen molar-refractivity contribution in [2.75, 3.05) is 0 Å². The van der Waals surface area contributed by atoms with Crippen LogP contribution in [0.2, 0.25) is 0 Å². The first-order valence-electron chi connectivity index (χ1n) is 8.00. The minimum atomic E-state index is 0.390. The third-order valence-electron chi connectivity index (χ3n) is 4.36. The Labute approximate surface area is 140 Å². The topological polar surface area (TPSA) is 66.5 Å². The molecule has 1 aromatic carbocycles. The van der Waals surface area contributed by atoms with E-state index in [0.29, 0.717) is 11.6 Å². The molecule has 0 spiro atoms. The highest BCUT2D eigenvalue weighted by Gasteiger charge is 2.24. The number of nitriles is 1. The second-order valence-corrected chi connectivity index (χ2v) is 6.06. The van der Waals surface area contributed by atoms with Gasteiger partial charge in [-0.2, -0.15) is 10.4 Å². The average Bonchev–Trinajstić information content (AvgIpc) is 3.01. The molecular weight excluding hydrogens is 298 g/mol. The van der Waals surface area contributed by atoms with Gasteiger partial charge in [-0.05, 0) is 36.8 Å². The minimum absolute atomic E-state index is 0.390. The van der Waals surface area contributed by atoms with E-state index < -0.39 is 0 Å². The number of nitrogens with zero attached hydrogens (tertiary/aromatic N) is 4. The molecule has 3 heterocycles. The Bertz CT molecular complexity index is 921. The van der Waals surface area contributed by atoms with Gasteiger partial charge >= 0.3 is 0 Å². The monoisotopic (exact) mass is 315 g/mol. The number of nitrogens with one attached hydrogen (secondary N) is 1. The molecule has 24 heavy (non-hydrogen) atoms. The second-order valence-electron chi connectivity index (χ2n) is 6.06. The lowest BCUT2D eigenvalue weighted by atomic mass is 9.98. The van der Waals surface area contributed by atoms with Crippen molar-refractivity contribution in [3.63, 3.8) is 0 Å².